The average Bonchev–Trinajstić information content (AvgIpc) is 2.78. The van der Waals surface area contributed by atoms with Crippen LogP contribution in [0.5, 0.6) is 5.75 Å². The third kappa shape index (κ3) is 3.90. The highest BCUT2D eigenvalue weighted by Gasteiger charge is 2.10. The first-order chi connectivity index (χ1) is 9.04. The molecule has 4 nitrogen and oxygen atoms in total. The van der Waals surface area contributed by atoms with E-state index in [1.165, 1.54) is 18.3 Å². The highest BCUT2D eigenvalue weighted by Crippen LogP contribution is 2.22. The Labute approximate surface area is 122 Å². The lowest BCUT2D eigenvalue weighted by atomic mass is 10.3. The van der Waals surface area contributed by atoms with Crippen molar-refractivity contribution in [1.82, 2.24) is 0 Å². The predicted molar refractivity (Wildman–Crippen MR) is 77.7 cm³/mol. The Morgan fingerprint density at radius 2 is 1.95 bits per heavy atom. The van der Waals surface area contributed by atoms with Crippen LogP contribution in [0.15, 0.2) is 39.5 Å². The summed E-state index contributed by atoms with van der Waals surface area (Å²) in [6.07, 6.45) is 0. The molecule has 19 heavy (non-hydrogen) atoms. The van der Waals surface area contributed by atoms with Crippen molar-refractivity contribution in [2.75, 3.05) is 5.32 Å². The maximum Gasteiger partial charge on any atom is 0.344 e. The minimum absolute atomic E-state index is 0.145. The van der Waals surface area contributed by atoms with Gasteiger partial charge >= 0.3 is 5.97 Å². The summed E-state index contributed by atoms with van der Waals surface area (Å²) in [5.74, 6) is -0.122. The van der Waals surface area contributed by atoms with E-state index in [1.54, 1.807) is 35.7 Å². The number of benzene rings is 1. The van der Waals surface area contributed by atoms with Crippen LogP contribution >= 0.6 is 27.3 Å². The number of ether oxygens (including phenoxy) is 1. The van der Waals surface area contributed by atoms with Crippen molar-refractivity contribution in [1.29, 1.82) is 0 Å². The molecule has 1 N–H and O–H groups in total. The quantitative estimate of drug-likeness (QED) is 0.685. The first-order valence-electron chi connectivity index (χ1n) is 5.38. The van der Waals surface area contributed by atoms with Crippen molar-refractivity contribution in [2.24, 2.45) is 0 Å². The minimum Gasteiger partial charge on any atom is -0.423 e. The summed E-state index contributed by atoms with van der Waals surface area (Å²) in [5, 5.41) is 4.36. The average molecular weight is 340 g/mol. The number of nitrogens with one attached hydrogen (secondary N) is 1. The second-order valence-electron chi connectivity index (χ2n) is 3.73. The summed E-state index contributed by atoms with van der Waals surface area (Å²) in [6, 6.07) is 8.31. The summed E-state index contributed by atoms with van der Waals surface area (Å²) in [5.41, 5.74) is 1.16. The molecule has 0 fully saturated rings. The summed E-state index contributed by atoms with van der Waals surface area (Å²) < 4.78 is 6.08. The van der Waals surface area contributed by atoms with E-state index in [-0.39, 0.29) is 5.91 Å². The zero-order valence-electron chi connectivity index (χ0n) is 9.98. The molecule has 1 amide bonds. The number of thiophene rings is 1. The molecule has 1 heterocycles. The third-order valence-electron chi connectivity index (χ3n) is 2.19. The van der Waals surface area contributed by atoms with Crippen LogP contribution in [0.2, 0.25) is 0 Å². The molecule has 0 radical (unpaired) electrons. The van der Waals surface area contributed by atoms with E-state index in [2.05, 4.69) is 21.2 Å². The van der Waals surface area contributed by atoms with Crippen LogP contribution in [0.3, 0.4) is 0 Å². The molecular formula is C13H10BrNO3S. The molecule has 0 aliphatic carbocycles. The number of rotatable bonds is 3. The van der Waals surface area contributed by atoms with Crippen molar-refractivity contribution in [3.05, 3.63) is 45.1 Å². The van der Waals surface area contributed by atoms with E-state index >= 15 is 0 Å². The SMILES string of the molecule is CC(=O)Nc1ccc(OC(=O)c2csc(Br)c2)cc1. The molecule has 2 aromatic rings. The lowest BCUT2D eigenvalue weighted by Gasteiger charge is -2.05. The molecule has 0 aliphatic rings. The summed E-state index contributed by atoms with van der Waals surface area (Å²) in [6.45, 7) is 1.43. The molecule has 98 valence electrons. The van der Waals surface area contributed by atoms with Crippen LogP contribution in [0.1, 0.15) is 17.3 Å². The fourth-order valence-corrected chi connectivity index (χ4v) is 2.52. The van der Waals surface area contributed by atoms with Crippen LogP contribution in [0.25, 0.3) is 0 Å². The number of carbonyl (C=O) groups is 2. The van der Waals surface area contributed by atoms with E-state index in [0.29, 0.717) is 17.0 Å². The van der Waals surface area contributed by atoms with E-state index in [9.17, 15) is 9.59 Å². The Morgan fingerprint density at radius 1 is 1.26 bits per heavy atom. The van der Waals surface area contributed by atoms with Gasteiger partial charge in [0.1, 0.15) is 5.75 Å². The van der Waals surface area contributed by atoms with Crippen LogP contribution in [0, 0.1) is 0 Å². The first kappa shape index (κ1) is 13.8. The van der Waals surface area contributed by atoms with E-state index in [0.717, 1.165) is 3.79 Å². The van der Waals surface area contributed by atoms with Crippen molar-refractivity contribution in [3.8, 4) is 5.75 Å². The summed E-state index contributed by atoms with van der Waals surface area (Å²) >= 11 is 4.71. The predicted octanol–water partition coefficient (Wildman–Crippen LogP) is 3.69. The Kier molecular flexibility index (Phi) is 4.34. The fraction of sp³-hybridized carbons (Fsp3) is 0.0769. The molecule has 0 saturated carbocycles. The lowest BCUT2D eigenvalue weighted by molar-refractivity contribution is -0.114. The van der Waals surface area contributed by atoms with Gasteiger partial charge in [0, 0.05) is 18.0 Å². The number of esters is 1. The number of anilines is 1. The monoisotopic (exact) mass is 339 g/mol. The van der Waals surface area contributed by atoms with Crippen molar-refractivity contribution in [3.63, 3.8) is 0 Å². The largest absolute Gasteiger partial charge is 0.423 e. The lowest BCUT2D eigenvalue weighted by Crippen LogP contribution is -2.08. The zero-order chi connectivity index (χ0) is 13.8. The van der Waals surface area contributed by atoms with Gasteiger partial charge in [-0.1, -0.05) is 0 Å². The zero-order valence-corrected chi connectivity index (χ0v) is 12.4. The Hall–Kier alpha value is -1.66. The van der Waals surface area contributed by atoms with Crippen LogP contribution < -0.4 is 10.1 Å². The Balaban J connectivity index is 2.03. The van der Waals surface area contributed by atoms with Gasteiger partial charge in [-0.15, -0.1) is 11.3 Å². The molecule has 6 heteroatoms. The maximum absolute atomic E-state index is 11.8. The summed E-state index contributed by atoms with van der Waals surface area (Å²) in [7, 11) is 0. The Bertz CT molecular complexity index is 607. The van der Waals surface area contributed by atoms with Gasteiger partial charge in [-0.2, -0.15) is 0 Å². The highest BCUT2D eigenvalue weighted by molar-refractivity contribution is 9.11. The molecule has 0 atom stereocenters. The van der Waals surface area contributed by atoms with E-state index < -0.39 is 5.97 Å². The van der Waals surface area contributed by atoms with Crippen molar-refractivity contribution in [2.45, 2.75) is 6.92 Å². The maximum atomic E-state index is 11.8. The van der Waals surface area contributed by atoms with Gasteiger partial charge in [0.15, 0.2) is 0 Å². The fourth-order valence-electron chi connectivity index (χ4n) is 1.39. The van der Waals surface area contributed by atoms with Crippen molar-refractivity contribution >= 4 is 44.8 Å². The third-order valence-corrected chi connectivity index (χ3v) is 3.69. The van der Waals surface area contributed by atoms with Crippen LogP contribution in [-0.4, -0.2) is 11.9 Å². The molecule has 1 aromatic carbocycles. The van der Waals surface area contributed by atoms with Gasteiger partial charge in [0.25, 0.3) is 0 Å². The second-order valence-corrected chi connectivity index (χ2v) is 6.03. The van der Waals surface area contributed by atoms with Crippen LogP contribution in [0.4, 0.5) is 5.69 Å². The van der Waals surface area contributed by atoms with Gasteiger partial charge in [0.2, 0.25) is 5.91 Å². The number of carbonyl (C=O) groups excluding carboxylic acids is 2. The molecular weight excluding hydrogens is 330 g/mol. The van der Waals surface area contributed by atoms with Gasteiger partial charge in [-0.25, -0.2) is 4.79 Å². The molecule has 0 bridgehead atoms. The van der Waals surface area contributed by atoms with E-state index in [4.69, 9.17) is 4.74 Å². The van der Waals surface area contributed by atoms with Gasteiger partial charge in [-0.05, 0) is 46.3 Å². The van der Waals surface area contributed by atoms with Crippen LogP contribution in [-0.2, 0) is 4.79 Å². The van der Waals surface area contributed by atoms with Crippen molar-refractivity contribution < 1.29 is 14.3 Å². The minimum atomic E-state index is -0.408. The molecule has 2 rings (SSSR count). The highest BCUT2D eigenvalue weighted by atomic mass is 79.9. The summed E-state index contributed by atoms with van der Waals surface area (Å²) in [4.78, 5) is 22.6. The topological polar surface area (TPSA) is 55.4 Å². The number of hydrogen-bond donors (Lipinski definition) is 1. The molecule has 0 unspecified atom stereocenters. The van der Waals surface area contributed by atoms with Gasteiger partial charge in [0.05, 0.1) is 9.35 Å². The van der Waals surface area contributed by atoms with Gasteiger partial charge in [-0.3, -0.25) is 4.79 Å². The normalized spacial score (nSPS) is 10.0. The molecule has 0 spiro atoms. The smallest absolute Gasteiger partial charge is 0.344 e. The number of hydrogen-bond acceptors (Lipinski definition) is 4. The second kappa shape index (κ2) is 5.99. The number of amides is 1. The van der Waals surface area contributed by atoms with E-state index in [1.807, 2.05) is 0 Å². The molecule has 1 aromatic heterocycles. The van der Waals surface area contributed by atoms with Gasteiger partial charge < -0.3 is 10.1 Å². The standard InChI is InChI=1S/C13H10BrNO3S/c1-8(16)15-10-2-4-11(5-3-10)18-13(17)9-6-12(14)19-7-9/h2-7H,1H3,(H,15,16). The number of halogens is 1. The molecule has 0 saturated heterocycles. The first-order valence-corrected chi connectivity index (χ1v) is 7.06. The Morgan fingerprint density at radius 3 is 2.47 bits per heavy atom. The molecule has 0 aliphatic heterocycles.